The Morgan fingerprint density at radius 2 is 2.12 bits per heavy atom. The number of carbonyl (C=O) groups is 2. The molecule has 0 unspecified atom stereocenters. The van der Waals surface area contributed by atoms with Gasteiger partial charge in [0.05, 0.1) is 12.5 Å². The van der Waals surface area contributed by atoms with Crippen LogP contribution < -0.4 is 0 Å². The van der Waals surface area contributed by atoms with E-state index in [0.29, 0.717) is 18.9 Å². The molecule has 3 fully saturated rings. The molecule has 4 aliphatic rings. The SMILES string of the molecule is C=C[C@]1(C)CC[C@@H]2C(=C[C@H]3OC(=O)[C@H](C)[C@H]3[C@]23CCC(=O)OC3)C1. The lowest BCUT2D eigenvalue weighted by atomic mass is 9.50. The van der Waals surface area contributed by atoms with Crippen LogP contribution in [0.1, 0.15) is 46.0 Å². The highest BCUT2D eigenvalue weighted by Gasteiger charge is 2.61. The summed E-state index contributed by atoms with van der Waals surface area (Å²) in [5.41, 5.74) is 1.34. The van der Waals surface area contributed by atoms with E-state index < -0.39 is 0 Å². The Bertz CT molecular complexity index is 624. The van der Waals surface area contributed by atoms with Crippen LogP contribution in [0.2, 0.25) is 0 Å². The van der Waals surface area contributed by atoms with E-state index in [1.165, 1.54) is 5.57 Å². The number of esters is 2. The van der Waals surface area contributed by atoms with Crippen molar-refractivity contribution in [1.82, 2.24) is 0 Å². The highest BCUT2D eigenvalue weighted by atomic mass is 16.6. The van der Waals surface area contributed by atoms with Crippen molar-refractivity contribution in [3.63, 3.8) is 0 Å². The van der Waals surface area contributed by atoms with Crippen LogP contribution in [0.3, 0.4) is 0 Å². The third kappa shape index (κ3) is 2.11. The van der Waals surface area contributed by atoms with Crippen molar-refractivity contribution in [2.75, 3.05) is 6.61 Å². The summed E-state index contributed by atoms with van der Waals surface area (Å²) < 4.78 is 11.2. The van der Waals surface area contributed by atoms with E-state index in [1.54, 1.807) is 0 Å². The summed E-state index contributed by atoms with van der Waals surface area (Å²) in [5, 5.41) is 0. The molecule has 4 heteroatoms. The topological polar surface area (TPSA) is 52.6 Å². The molecule has 2 saturated heterocycles. The minimum absolute atomic E-state index is 0.107. The Balaban J connectivity index is 1.77. The molecule has 0 radical (unpaired) electrons. The Hall–Kier alpha value is -1.58. The van der Waals surface area contributed by atoms with Crippen LogP contribution in [0.15, 0.2) is 24.3 Å². The lowest BCUT2D eigenvalue weighted by molar-refractivity contribution is -0.165. The van der Waals surface area contributed by atoms with Crippen molar-refractivity contribution in [2.45, 2.75) is 52.1 Å². The maximum absolute atomic E-state index is 12.2. The highest BCUT2D eigenvalue weighted by molar-refractivity contribution is 5.76. The summed E-state index contributed by atoms with van der Waals surface area (Å²) in [5.74, 6) is 0.162. The molecular formula is C20H26O4. The number of ether oxygens (including phenoxy) is 2. The second-order valence-electron chi connectivity index (χ2n) is 8.48. The minimum Gasteiger partial charge on any atom is -0.465 e. The quantitative estimate of drug-likeness (QED) is 0.546. The van der Waals surface area contributed by atoms with Crippen LogP contribution in [0.4, 0.5) is 0 Å². The van der Waals surface area contributed by atoms with Crippen molar-refractivity contribution in [3.8, 4) is 0 Å². The summed E-state index contributed by atoms with van der Waals surface area (Å²) in [6, 6.07) is 0. The van der Waals surface area contributed by atoms with Crippen molar-refractivity contribution in [1.29, 1.82) is 0 Å². The molecule has 2 aliphatic heterocycles. The van der Waals surface area contributed by atoms with Crippen molar-refractivity contribution < 1.29 is 19.1 Å². The average Bonchev–Trinajstić information content (AvgIpc) is 2.85. The van der Waals surface area contributed by atoms with Gasteiger partial charge in [-0.1, -0.05) is 25.5 Å². The zero-order valence-corrected chi connectivity index (χ0v) is 14.5. The first kappa shape index (κ1) is 15.9. The standard InChI is InChI=1S/C20H26O4/c1-4-19(3)7-5-14-13(10-19)9-15-17(12(2)18(22)24-15)20(14)8-6-16(21)23-11-20/h4,9,12,14-15,17H,1,5-8,10-11H2,2-3H3/t12-,14-,15-,17-,19-,20+/m1/s1. The molecule has 4 nitrogen and oxygen atoms in total. The maximum Gasteiger partial charge on any atom is 0.309 e. The van der Waals surface area contributed by atoms with Gasteiger partial charge in [0, 0.05) is 17.8 Å². The van der Waals surface area contributed by atoms with Crippen molar-refractivity contribution in [2.24, 2.45) is 28.6 Å². The van der Waals surface area contributed by atoms with E-state index in [9.17, 15) is 9.59 Å². The molecule has 1 saturated carbocycles. The smallest absolute Gasteiger partial charge is 0.309 e. The number of carbonyl (C=O) groups excluding carboxylic acids is 2. The highest BCUT2D eigenvalue weighted by Crippen LogP contribution is 2.61. The molecule has 2 heterocycles. The van der Waals surface area contributed by atoms with Gasteiger partial charge in [-0.15, -0.1) is 6.58 Å². The van der Waals surface area contributed by atoms with E-state index >= 15 is 0 Å². The van der Waals surface area contributed by atoms with E-state index in [1.807, 2.05) is 6.92 Å². The third-order valence-corrected chi connectivity index (χ3v) is 7.10. The molecule has 0 bridgehead atoms. The van der Waals surface area contributed by atoms with Crippen LogP contribution in [-0.4, -0.2) is 24.6 Å². The van der Waals surface area contributed by atoms with Crippen LogP contribution in [-0.2, 0) is 19.1 Å². The molecule has 0 amide bonds. The zero-order valence-electron chi connectivity index (χ0n) is 14.5. The van der Waals surface area contributed by atoms with E-state index in [-0.39, 0.29) is 40.7 Å². The fourth-order valence-electron chi connectivity index (χ4n) is 5.73. The largest absolute Gasteiger partial charge is 0.465 e. The fraction of sp³-hybridized carbons (Fsp3) is 0.700. The van der Waals surface area contributed by atoms with Crippen LogP contribution in [0.5, 0.6) is 0 Å². The van der Waals surface area contributed by atoms with Gasteiger partial charge < -0.3 is 9.47 Å². The van der Waals surface area contributed by atoms with Crippen LogP contribution in [0, 0.1) is 28.6 Å². The van der Waals surface area contributed by atoms with Gasteiger partial charge in [-0.3, -0.25) is 9.59 Å². The minimum atomic E-state index is -0.164. The molecular weight excluding hydrogens is 304 g/mol. The number of cyclic esters (lactones) is 1. The fourth-order valence-corrected chi connectivity index (χ4v) is 5.73. The summed E-state index contributed by atoms with van der Waals surface area (Å²) in [6.45, 7) is 8.67. The second kappa shape index (κ2) is 5.21. The third-order valence-electron chi connectivity index (χ3n) is 7.10. The number of fused-ring (bicyclic) bond motifs is 4. The Morgan fingerprint density at radius 3 is 2.79 bits per heavy atom. The second-order valence-corrected chi connectivity index (χ2v) is 8.48. The molecule has 1 spiro atoms. The Kier molecular flexibility index (Phi) is 3.45. The predicted molar refractivity (Wildman–Crippen MR) is 88.9 cm³/mol. The number of hydrogen-bond acceptors (Lipinski definition) is 4. The van der Waals surface area contributed by atoms with Gasteiger partial charge >= 0.3 is 11.9 Å². The molecule has 0 N–H and O–H groups in total. The van der Waals surface area contributed by atoms with E-state index in [4.69, 9.17) is 9.47 Å². The Labute approximate surface area is 143 Å². The zero-order chi connectivity index (χ0) is 17.1. The van der Waals surface area contributed by atoms with Gasteiger partial charge in [-0.25, -0.2) is 0 Å². The summed E-state index contributed by atoms with van der Waals surface area (Å²) in [4.78, 5) is 23.9. The molecule has 0 aromatic heterocycles. The lowest BCUT2D eigenvalue weighted by Gasteiger charge is -2.55. The summed E-state index contributed by atoms with van der Waals surface area (Å²) in [6.07, 6.45) is 8.49. The predicted octanol–water partition coefficient (Wildman–Crippen LogP) is 3.42. The lowest BCUT2D eigenvalue weighted by Crippen LogP contribution is -2.54. The van der Waals surface area contributed by atoms with Gasteiger partial charge in [0.1, 0.15) is 6.10 Å². The van der Waals surface area contributed by atoms with Crippen LogP contribution in [0.25, 0.3) is 0 Å². The molecule has 130 valence electrons. The summed E-state index contributed by atoms with van der Waals surface area (Å²) >= 11 is 0. The number of allylic oxidation sites excluding steroid dienone is 2. The van der Waals surface area contributed by atoms with Gasteiger partial charge in [0.2, 0.25) is 0 Å². The molecule has 6 atom stereocenters. The first-order chi connectivity index (χ1) is 11.4. The van der Waals surface area contributed by atoms with E-state index in [2.05, 4.69) is 25.7 Å². The normalized spacial score (nSPS) is 47.3. The molecule has 0 aromatic rings. The van der Waals surface area contributed by atoms with Crippen molar-refractivity contribution >= 4 is 11.9 Å². The number of hydrogen-bond donors (Lipinski definition) is 0. The summed E-state index contributed by atoms with van der Waals surface area (Å²) in [7, 11) is 0. The first-order valence-electron chi connectivity index (χ1n) is 9.09. The molecule has 4 rings (SSSR count). The molecule has 24 heavy (non-hydrogen) atoms. The van der Waals surface area contributed by atoms with Gasteiger partial charge in [0.25, 0.3) is 0 Å². The monoisotopic (exact) mass is 330 g/mol. The first-order valence-corrected chi connectivity index (χ1v) is 9.09. The molecule has 2 aliphatic carbocycles. The molecule has 0 aromatic carbocycles. The number of rotatable bonds is 1. The van der Waals surface area contributed by atoms with Gasteiger partial charge in [0.15, 0.2) is 0 Å². The van der Waals surface area contributed by atoms with Gasteiger partial charge in [-0.2, -0.15) is 0 Å². The average molecular weight is 330 g/mol. The Morgan fingerprint density at radius 1 is 1.33 bits per heavy atom. The van der Waals surface area contributed by atoms with Crippen molar-refractivity contribution in [3.05, 3.63) is 24.3 Å². The van der Waals surface area contributed by atoms with Crippen LogP contribution >= 0.6 is 0 Å². The van der Waals surface area contributed by atoms with Gasteiger partial charge in [-0.05, 0) is 43.1 Å². The maximum atomic E-state index is 12.2. The van der Waals surface area contributed by atoms with E-state index in [0.717, 1.165) is 25.7 Å².